The summed E-state index contributed by atoms with van der Waals surface area (Å²) >= 11 is 0. The van der Waals surface area contributed by atoms with Crippen molar-refractivity contribution in [2.24, 2.45) is 0 Å². The number of fused-ring (bicyclic) bond motifs is 1. The summed E-state index contributed by atoms with van der Waals surface area (Å²) in [4.78, 5) is 25.1. The zero-order valence-electron chi connectivity index (χ0n) is 9.65. The highest BCUT2D eigenvalue weighted by molar-refractivity contribution is 6.21. The lowest BCUT2D eigenvalue weighted by atomic mass is 10.1. The molecule has 0 unspecified atom stereocenters. The molecule has 2 rings (SSSR count). The maximum absolute atomic E-state index is 11.9. The summed E-state index contributed by atoms with van der Waals surface area (Å²) in [5.41, 5.74) is 1.07. The zero-order chi connectivity index (χ0) is 11.5. The molecule has 0 saturated heterocycles. The molecule has 0 saturated carbocycles. The summed E-state index contributed by atoms with van der Waals surface area (Å²) < 4.78 is 0. The topological polar surface area (TPSA) is 54.0 Å². The molecule has 1 aliphatic rings. The van der Waals surface area contributed by atoms with Crippen LogP contribution < -0.4 is 29.3 Å². The van der Waals surface area contributed by atoms with Crippen molar-refractivity contribution >= 4 is 11.8 Å². The Labute approximate surface area is 117 Å². The first-order chi connectivity index (χ1) is 7.75. The van der Waals surface area contributed by atoms with Gasteiger partial charge in [0, 0.05) is 13.0 Å². The highest BCUT2D eigenvalue weighted by atomic mass is 127. The fraction of sp³-hybridized carbons (Fsp3) is 0.333. The summed E-state index contributed by atoms with van der Waals surface area (Å²) in [6.45, 7) is 1.43. The molecule has 92 valence electrons. The number of imide groups is 1. The number of hydrogen-bond acceptors (Lipinski definition) is 2. The molecule has 0 atom stereocenters. The Morgan fingerprint density at radius 3 is 2.12 bits per heavy atom. The minimum atomic E-state index is -0.156. The first-order valence-electron chi connectivity index (χ1n) is 5.48. The molecule has 1 aromatic carbocycles. The van der Waals surface area contributed by atoms with Gasteiger partial charge in [0.05, 0.1) is 24.7 Å². The van der Waals surface area contributed by atoms with Crippen molar-refractivity contribution < 1.29 is 38.9 Å². The van der Waals surface area contributed by atoms with Crippen LogP contribution in [0.3, 0.4) is 0 Å². The van der Waals surface area contributed by atoms with Gasteiger partial charge in [-0.25, -0.2) is 0 Å². The Kier molecular flexibility index (Phi) is 5.07. The Balaban J connectivity index is 0.00000144. The van der Waals surface area contributed by atoms with Gasteiger partial charge < -0.3 is 29.3 Å². The van der Waals surface area contributed by atoms with Crippen LogP contribution in [0, 0.1) is 0 Å². The summed E-state index contributed by atoms with van der Waals surface area (Å²) in [6, 6.07) is 6.99. The number of halogens is 1. The SMILES string of the molecule is C[NH2+]CCCN1C(=O)c2ccccc2C1=O.[I-]. The lowest BCUT2D eigenvalue weighted by molar-refractivity contribution is -0.627. The van der Waals surface area contributed by atoms with Crippen LogP contribution >= 0.6 is 0 Å². The number of hydrogen-bond donors (Lipinski definition) is 1. The first kappa shape index (κ1) is 14.1. The molecule has 0 aromatic heterocycles. The van der Waals surface area contributed by atoms with Crippen molar-refractivity contribution in [2.75, 3.05) is 20.1 Å². The van der Waals surface area contributed by atoms with Crippen molar-refractivity contribution in [1.82, 2.24) is 4.90 Å². The summed E-state index contributed by atoms with van der Waals surface area (Å²) in [5, 5.41) is 2.04. The first-order valence-corrected chi connectivity index (χ1v) is 5.48. The third kappa shape index (κ3) is 2.66. The van der Waals surface area contributed by atoms with Crippen molar-refractivity contribution in [1.29, 1.82) is 0 Å². The maximum atomic E-state index is 11.9. The van der Waals surface area contributed by atoms with E-state index in [1.807, 2.05) is 12.4 Å². The van der Waals surface area contributed by atoms with E-state index in [9.17, 15) is 9.59 Å². The number of carbonyl (C=O) groups excluding carboxylic acids is 2. The van der Waals surface area contributed by atoms with Gasteiger partial charge in [-0.15, -0.1) is 0 Å². The van der Waals surface area contributed by atoms with Gasteiger partial charge in [0.2, 0.25) is 0 Å². The largest absolute Gasteiger partial charge is 1.00 e. The zero-order valence-corrected chi connectivity index (χ0v) is 11.8. The Bertz CT molecular complexity index is 399. The molecule has 5 heteroatoms. The molecule has 2 amide bonds. The van der Waals surface area contributed by atoms with E-state index in [2.05, 4.69) is 0 Å². The van der Waals surface area contributed by atoms with Crippen LogP contribution in [-0.2, 0) is 0 Å². The average Bonchev–Trinajstić information content (AvgIpc) is 2.55. The van der Waals surface area contributed by atoms with E-state index in [0.717, 1.165) is 13.0 Å². The van der Waals surface area contributed by atoms with Gasteiger partial charge >= 0.3 is 0 Å². The van der Waals surface area contributed by atoms with E-state index in [4.69, 9.17) is 0 Å². The van der Waals surface area contributed by atoms with Gasteiger partial charge in [-0.1, -0.05) is 12.1 Å². The van der Waals surface area contributed by atoms with Gasteiger partial charge in [0.15, 0.2) is 0 Å². The van der Waals surface area contributed by atoms with Crippen molar-refractivity contribution in [3.8, 4) is 0 Å². The Morgan fingerprint density at radius 2 is 1.65 bits per heavy atom. The van der Waals surface area contributed by atoms with Gasteiger partial charge in [-0.05, 0) is 12.1 Å². The predicted molar refractivity (Wildman–Crippen MR) is 59.1 cm³/mol. The normalized spacial score (nSPS) is 13.6. The number of rotatable bonds is 4. The maximum Gasteiger partial charge on any atom is 0.261 e. The standard InChI is InChI=1S/C12H14N2O2.HI/c1-13-7-4-8-14-11(15)9-5-2-3-6-10(9)12(14)16;/h2-3,5-6,13H,4,7-8H2,1H3;1H. The molecular formula is C12H15IN2O2. The van der Waals surface area contributed by atoms with E-state index in [0.29, 0.717) is 17.7 Å². The van der Waals surface area contributed by atoms with E-state index >= 15 is 0 Å². The molecular weight excluding hydrogens is 331 g/mol. The summed E-state index contributed by atoms with van der Waals surface area (Å²) in [6.07, 6.45) is 0.835. The highest BCUT2D eigenvalue weighted by Gasteiger charge is 2.34. The quantitative estimate of drug-likeness (QED) is 0.356. The number of amides is 2. The highest BCUT2D eigenvalue weighted by Crippen LogP contribution is 2.22. The molecule has 0 spiro atoms. The van der Waals surface area contributed by atoms with Crippen molar-refractivity contribution in [3.63, 3.8) is 0 Å². The number of nitrogens with two attached hydrogens (primary N) is 1. The van der Waals surface area contributed by atoms with E-state index in [-0.39, 0.29) is 35.8 Å². The second kappa shape index (κ2) is 6.11. The van der Waals surface area contributed by atoms with E-state index < -0.39 is 0 Å². The fourth-order valence-corrected chi connectivity index (χ4v) is 1.90. The van der Waals surface area contributed by atoms with Crippen molar-refractivity contribution in [3.05, 3.63) is 35.4 Å². The molecule has 2 N–H and O–H groups in total. The monoisotopic (exact) mass is 346 g/mol. The van der Waals surface area contributed by atoms with Crippen LogP contribution in [0.15, 0.2) is 24.3 Å². The molecule has 4 nitrogen and oxygen atoms in total. The smallest absolute Gasteiger partial charge is 0.261 e. The lowest BCUT2D eigenvalue weighted by Gasteiger charge is -2.12. The van der Waals surface area contributed by atoms with E-state index in [1.54, 1.807) is 24.3 Å². The molecule has 1 aromatic rings. The predicted octanol–water partition coefficient (Wildman–Crippen LogP) is -3.13. The Hall–Kier alpha value is -0.950. The molecule has 0 fully saturated rings. The lowest BCUT2D eigenvalue weighted by Crippen LogP contribution is -3.00. The fourth-order valence-electron chi connectivity index (χ4n) is 1.90. The van der Waals surface area contributed by atoms with Crippen LogP contribution in [0.1, 0.15) is 27.1 Å². The molecule has 17 heavy (non-hydrogen) atoms. The molecule has 1 aliphatic heterocycles. The van der Waals surface area contributed by atoms with Crippen LogP contribution in [0.2, 0.25) is 0 Å². The van der Waals surface area contributed by atoms with E-state index in [1.165, 1.54) is 4.90 Å². The van der Waals surface area contributed by atoms with Crippen LogP contribution in [-0.4, -0.2) is 36.9 Å². The van der Waals surface area contributed by atoms with Gasteiger partial charge in [-0.3, -0.25) is 14.5 Å². The minimum Gasteiger partial charge on any atom is -1.00 e. The number of benzene rings is 1. The van der Waals surface area contributed by atoms with Crippen LogP contribution in [0.4, 0.5) is 0 Å². The van der Waals surface area contributed by atoms with Crippen LogP contribution in [0.25, 0.3) is 0 Å². The summed E-state index contributed by atoms with van der Waals surface area (Å²) in [5.74, 6) is -0.312. The molecule has 1 heterocycles. The number of nitrogens with zero attached hydrogens (tertiary/aromatic N) is 1. The average molecular weight is 346 g/mol. The third-order valence-corrected chi connectivity index (χ3v) is 2.75. The molecule has 0 bridgehead atoms. The molecule has 0 aliphatic carbocycles. The van der Waals surface area contributed by atoms with Crippen molar-refractivity contribution in [2.45, 2.75) is 6.42 Å². The molecule has 0 radical (unpaired) electrons. The number of quaternary nitrogens is 1. The van der Waals surface area contributed by atoms with Gasteiger partial charge in [0.1, 0.15) is 0 Å². The van der Waals surface area contributed by atoms with Crippen LogP contribution in [0.5, 0.6) is 0 Å². The van der Waals surface area contributed by atoms with Gasteiger partial charge in [-0.2, -0.15) is 0 Å². The second-order valence-electron chi connectivity index (χ2n) is 3.86. The summed E-state index contributed by atoms with van der Waals surface area (Å²) in [7, 11) is 1.97. The minimum absolute atomic E-state index is 0. The Morgan fingerprint density at radius 1 is 1.12 bits per heavy atom. The third-order valence-electron chi connectivity index (χ3n) is 2.75. The number of carbonyl (C=O) groups is 2. The van der Waals surface area contributed by atoms with Gasteiger partial charge in [0.25, 0.3) is 11.8 Å². The second-order valence-corrected chi connectivity index (χ2v) is 3.86.